The van der Waals surface area contributed by atoms with Crippen LogP contribution in [0.2, 0.25) is 0 Å². The highest BCUT2D eigenvalue weighted by molar-refractivity contribution is 5.74. The zero-order valence-electron chi connectivity index (χ0n) is 13.6. The van der Waals surface area contributed by atoms with Gasteiger partial charge in [0.25, 0.3) is 0 Å². The van der Waals surface area contributed by atoms with Crippen LogP contribution in [0.15, 0.2) is 0 Å². The molecular formula is C15H31N3O2. The van der Waals surface area contributed by atoms with E-state index < -0.39 is 5.60 Å². The van der Waals surface area contributed by atoms with Crippen LogP contribution in [0.1, 0.15) is 46.5 Å². The maximum absolute atomic E-state index is 11.9. The van der Waals surface area contributed by atoms with E-state index in [9.17, 15) is 9.90 Å². The van der Waals surface area contributed by atoms with Gasteiger partial charge < -0.3 is 20.6 Å². The summed E-state index contributed by atoms with van der Waals surface area (Å²) in [6.45, 7) is 5.92. The number of nitrogens with zero attached hydrogens (tertiary/aromatic N) is 1. The third-order valence-electron chi connectivity index (χ3n) is 4.56. The van der Waals surface area contributed by atoms with Crippen molar-refractivity contribution < 1.29 is 9.90 Å². The molecule has 1 aliphatic rings. The average Bonchev–Trinajstić information content (AvgIpc) is 2.36. The lowest BCUT2D eigenvalue weighted by Crippen LogP contribution is -2.51. The maximum Gasteiger partial charge on any atom is 0.315 e. The first-order valence-electron chi connectivity index (χ1n) is 7.65. The van der Waals surface area contributed by atoms with Crippen LogP contribution >= 0.6 is 0 Å². The van der Waals surface area contributed by atoms with Crippen LogP contribution in [-0.2, 0) is 0 Å². The fourth-order valence-corrected chi connectivity index (χ4v) is 2.46. The van der Waals surface area contributed by atoms with E-state index in [-0.39, 0.29) is 24.5 Å². The Hall–Kier alpha value is -0.810. The fraction of sp³-hybridized carbons (Fsp3) is 0.933. The highest BCUT2D eigenvalue weighted by Gasteiger charge is 2.27. The lowest BCUT2D eigenvalue weighted by Gasteiger charge is -2.34. The monoisotopic (exact) mass is 285 g/mol. The van der Waals surface area contributed by atoms with Crippen molar-refractivity contribution in [3.63, 3.8) is 0 Å². The van der Waals surface area contributed by atoms with Crippen LogP contribution in [0.25, 0.3) is 0 Å². The number of hydrogen-bond donors (Lipinski definition) is 3. The second-order valence-electron chi connectivity index (χ2n) is 6.82. The zero-order chi connectivity index (χ0) is 15.3. The van der Waals surface area contributed by atoms with Crippen molar-refractivity contribution in [2.75, 3.05) is 20.6 Å². The molecule has 0 heterocycles. The van der Waals surface area contributed by atoms with Crippen LogP contribution in [0.5, 0.6) is 0 Å². The molecule has 3 unspecified atom stereocenters. The van der Waals surface area contributed by atoms with E-state index in [2.05, 4.69) is 29.6 Å². The predicted octanol–water partition coefficient (Wildman–Crippen LogP) is 1.57. The number of carbonyl (C=O) groups excluding carboxylic acids is 1. The summed E-state index contributed by atoms with van der Waals surface area (Å²) in [4.78, 5) is 14.1. The maximum atomic E-state index is 11.9. The van der Waals surface area contributed by atoms with Gasteiger partial charge in [0.05, 0.1) is 5.60 Å². The Balaban J connectivity index is 2.35. The van der Waals surface area contributed by atoms with Crippen molar-refractivity contribution >= 4 is 6.03 Å². The quantitative estimate of drug-likeness (QED) is 0.718. The van der Waals surface area contributed by atoms with Gasteiger partial charge in [0, 0.05) is 18.6 Å². The van der Waals surface area contributed by atoms with Crippen LogP contribution in [0.3, 0.4) is 0 Å². The Bertz CT molecular complexity index is 316. The molecule has 0 aromatic carbocycles. The fourth-order valence-electron chi connectivity index (χ4n) is 2.46. The molecule has 0 radical (unpaired) electrons. The van der Waals surface area contributed by atoms with Crippen LogP contribution in [0.4, 0.5) is 4.79 Å². The molecule has 1 fully saturated rings. The molecule has 0 aromatic heterocycles. The van der Waals surface area contributed by atoms with Crippen LogP contribution < -0.4 is 10.6 Å². The predicted molar refractivity (Wildman–Crippen MR) is 81.7 cm³/mol. The highest BCUT2D eigenvalue weighted by atomic mass is 16.3. The lowest BCUT2D eigenvalue weighted by atomic mass is 9.90. The molecule has 0 bridgehead atoms. The van der Waals surface area contributed by atoms with E-state index in [1.807, 2.05) is 13.8 Å². The molecule has 118 valence electrons. The Morgan fingerprint density at radius 2 is 2.05 bits per heavy atom. The largest absolute Gasteiger partial charge is 0.388 e. The van der Waals surface area contributed by atoms with E-state index in [1.54, 1.807) is 6.92 Å². The van der Waals surface area contributed by atoms with E-state index in [0.29, 0.717) is 6.04 Å². The summed E-state index contributed by atoms with van der Waals surface area (Å²) in [5.74, 6) is 0.107. The van der Waals surface area contributed by atoms with E-state index in [4.69, 9.17) is 0 Å². The van der Waals surface area contributed by atoms with E-state index in [1.165, 1.54) is 6.42 Å². The second kappa shape index (κ2) is 7.27. The minimum atomic E-state index is -0.865. The zero-order valence-corrected chi connectivity index (χ0v) is 13.6. The average molecular weight is 285 g/mol. The van der Waals surface area contributed by atoms with Gasteiger partial charge >= 0.3 is 6.03 Å². The van der Waals surface area contributed by atoms with Gasteiger partial charge in [-0.1, -0.05) is 13.8 Å². The molecule has 3 atom stereocenters. The van der Waals surface area contributed by atoms with E-state index >= 15 is 0 Å². The number of nitrogens with one attached hydrogen (secondary N) is 2. The van der Waals surface area contributed by atoms with Gasteiger partial charge in [-0.2, -0.15) is 0 Å². The molecule has 1 rings (SSSR count). The van der Waals surface area contributed by atoms with Gasteiger partial charge in [0.15, 0.2) is 0 Å². The standard InChI is InChI=1S/C15H31N3O2/c1-11(2)15(3,20)10-16-14(19)17-12-7-6-8-13(9-12)18(4)5/h11-13,20H,6-10H2,1-5H3,(H2,16,17,19). The van der Waals surface area contributed by atoms with Crippen molar-refractivity contribution in [3.8, 4) is 0 Å². The molecule has 0 spiro atoms. The van der Waals surface area contributed by atoms with Crippen LogP contribution in [0, 0.1) is 5.92 Å². The first kappa shape index (κ1) is 17.2. The minimum absolute atomic E-state index is 0.107. The summed E-state index contributed by atoms with van der Waals surface area (Å²) in [7, 11) is 4.18. The third kappa shape index (κ3) is 5.29. The van der Waals surface area contributed by atoms with Gasteiger partial charge in [-0.05, 0) is 52.6 Å². The number of aliphatic hydroxyl groups is 1. The van der Waals surface area contributed by atoms with E-state index in [0.717, 1.165) is 19.3 Å². The SMILES string of the molecule is CC(C)C(C)(O)CNC(=O)NC1CCCC(N(C)C)C1. The van der Waals surface area contributed by atoms with Gasteiger partial charge in [0.2, 0.25) is 0 Å². The number of urea groups is 1. The van der Waals surface area contributed by atoms with Crippen molar-refractivity contribution in [2.45, 2.75) is 64.1 Å². The minimum Gasteiger partial charge on any atom is -0.388 e. The van der Waals surface area contributed by atoms with Gasteiger partial charge in [0.1, 0.15) is 0 Å². The van der Waals surface area contributed by atoms with Crippen molar-refractivity contribution in [1.29, 1.82) is 0 Å². The summed E-state index contributed by atoms with van der Waals surface area (Å²) < 4.78 is 0. The first-order chi connectivity index (χ1) is 9.22. The van der Waals surface area contributed by atoms with Crippen LogP contribution in [-0.4, -0.2) is 54.4 Å². The second-order valence-corrected chi connectivity index (χ2v) is 6.82. The van der Waals surface area contributed by atoms with Gasteiger partial charge in [-0.15, -0.1) is 0 Å². The Morgan fingerprint density at radius 3 is 2.60 bits per heavy atom. The summed E-state index contributed by atoms with van der Waals surface area (Å²) in [6, 6.07) is 0.614. The molecule has 20 heavy (non-hydrogen) atoms. The number of rotatable bonds is 5. The summed E-state index contributed by atoms with van der Waals surface area (Å²) in [6.07, 6.45) is 4.39. The summed E-state index contributed by atoms with van der Waals surface area (Å²) >= 11 is 0. The molecule has 5 nitrogen and oxygen atoms in total. The molecule has 5 heteroatoms. The molecule has 0 saturated heterocycles. The molecule has 2 amide bonds. The highest BCUT2D eigenvalue weighted by Crippen LogP contribution is 2.21. The van der Waals surface area contributed by atoms with Crippen molar-refractivity contribution in [3.05, 3.63) is 0 Å². The molecule has 1 saturated carbocycles. The number of hydrogen-bond acceptors (Lipinski definition) is 3. The third-order valence-corrected chi connectivity index (χ3v) is 4.56. The number of carbonyl (C=O) groups is 1. The lowest BCUT2D eigenvalue weighted by molar-refractivity contribution is 0.0164. The molecule has 3 N–H and O–H groups in total. The Kier molecular flexibility index (Phi) is 6.27. The first-order valence-corrected chi connectivity index (χ1v) is 7.65. The van der Waals surface area contributed by atoms with Gasteiger partial charge in [-0.25, -0.2) is 4.79 Å². The molecular weight excluding hydrogens is 254 g/mol. The number of amides is 2. The van der Waals surface area contributed by atoms with Crippen molar-refractivity contribution in [2.24, 2.45) is 5.92 Å². The molecule has 1 aliphatic carbocycles. The normalized spacial score (nSPS) is 26.4. The van der Waals surface area contributed by atoms with Gasteiger partial charge in [-0.3, -0.25) is 0 Å². The summed E-state index contributed by atoms with van der Waals surface area (Å²) in [5.41, 5.74) is -0.865. The molecule has 0 aliphatic heterocycles. The Morgan fingerprint density at radius 1 is 1.40 bits per heavy atom. The summed E-state index contributed by atoms with van der Waals surface area (Å²) in [5, 5.41) is 15.9. The Labute approximate surface area is 123 Å². The van der Waals surface area contributed by atoms with Crippen molar-refractivity contribution in [1.82, 2.24) is 15.5 Å². The molecule has 0 aromatic rings. The smallest absolute Gasteiger partial charge is 0.315 e. The topological polar surface area (TPSA) is 64.6 Å².